The summed E-state index contributed by atoms with van der Waals surface area (Å²) in [5, 5.41) is 6.43. The lowest BCUT2D eigenvalue weighted by molar-refractivity contribution is -0.127. The molecule has 22 heavy (non-hydrogen) atoms. The number of hydrogen-bond donors (Lipinski definition) is 1. The first-order chi connectivity index (χ1) is 10.4. The Kier molecular flexibility index (Phi) is 4.08. The Bertz CT molecular complexity index is 666. The molecule has 2 aromatic heterocycles. The predicted octanol–water partition coefficient (Wildman–Crippen LogP) is 3.43. The normalized spacial score (nSPS) is 17.0. The summed E-state index contributed by atoms with van der Waals surface area (Å²) in [5.41, 5.74) is -0.155. The van der Waals surface area contributed by atoms with E-state index in [-0.39, 0.29) is 17.4 Å². The minimum Gasteiger partial charge on any atom is -0.356 e. The molecule has 0 radical (unpaired) electrons. The van der Waals surface area contributed by atoms with Gasteiger partial charge in [0.1, 0.15) is 5.82 Å². The van der Waals surface area contributed by atoms with Crippen molar-refractivity contribution in [2.24, 2.45) is 5.92 Å². The van der Waals surface area contributed by atoms with Crippen LogP contribution < -0.4 is 10.2 Å². The number of carbonyl (C=O) groups is 1. The number of anilines is 1. The smallest absolute Gasteiger partial charge is 0.223 e. The zero-order chi connectivity index (χ0) is 15.7. The molecule has 1 aliphatic rings. The number of hydrogen-bond acceptors (Lipinski definition) is 4. The van der Waals surface area contributed by atoms with Crippen LogP contribution in [0.25, 0.3) is 10.1 Å². The first-order valence-corrected chi connectivity index (χ1v) is 8.71. The van der Waals surface area contributed by atoms with E-state index >= 15 is 0 Å². The molecule has 1 fully saturated rings. The van der Waals surface area contributed by atoms with Gasteiger partial charge in [-0.05, 0) is 51.1 Å². The number of nitrogens with one attached hydrogen (secondary N) is 1. The van der Waals surface area contributed by atoms with Gasteiger partial charge in [0.15, 0.2) is 0 Å². The van der Waals surface area contributed by atoms with E-state index in [9.17, 15) is 4.79 Å². The van der Waals surface area contributed by atoms with Gasteiger partial charge in [-0.15, -0.1) is 11.3 Å². The fourth-order valence-electron chi connectivity index (χ4n) is 2.96. The van der Waals surface area contributed by atoms with Crippen molar-refractivity contribution >= 4 is 33.1 Å². The van der Waals surface area contributed by atoms with Gasteiger partial charge in [-0.3, -0.25) is 4.79 Å². The SMILES string of the molecule is CC(C)(C)NC(=O)C1CCN(c2nccc3sccc23)CC1. The summed E-state index contributed by atoms with van der Waals surface area (Å²) < 4.78 is 1.28. The number of amides is 1. The summed E-state index contributed by atoms with van der Waals surface area (Å²) in [4.78, 5) is 19.2. The van der Waals surface area contributed by atoms with Crippen LogP contribution in [0.2, 0.25) is 0 Å². The van der Waals surface area contributed by atoms with E-state index in [1.54, 1.807) is 11.3 Å². The lowest BCUT2D eigenvalue weighted by Crippen LogP contribution is -2.47. The summed E-state index contributed by atoms with van der Waals surface area (Å²) in [6, 6.07) is 4.20. The lowest BCUT2D eigenvalue weighted by Gasteiger charge is -2.34. The fraction of sp³-hybridized carbons (Fsp3) is 0.529. The van der Waals surface area contributed by atoms with Gasteiger partial charge in [0.05, 0.1) is 0 Å². The van der Waals surface area contributed by atoms with Crippen LogP contribution in [0.3, 0.4) is 0 Å². The second-order valence-electron chi connectivity index (χ2n) is 6.97. The summed E-state index contributed by atoms with van der Waals surface area (Å²) >= 11 is 1.75. The van der Waals surface area contributed by atoms with Crippen LogP contribution >= 0.6 is 11.3 Å². The molecule has 1 saturated heterocycles. The van der Waals surface area contributed by atoms with Crippen molar-refractivity contribution in [3.8, 4) is 0 Å². The molecule has 0 atom stereocenters. The second kappa shape index (κ2) is 5.88. The Labute approximate surface area is 135 Å². The Morgan fingerprint density at radius 1 is 1.32 bits per heavy atom. The largest absolute Gasteiger partial charge is 0.356 e. The molecule has 3 heterocycles. The van der Waals surface area contributed by atoms with Gasteiger partial charge in [0, 0.05) is 40.8 Å². The number of pyridine rings is 1. The highest BCUT2D eigenvalue weighted by Crippen LogP contribution is 2.31. The van der Waals surface area contributed by atoms with E-state index in [2.05, 4.69) is 32.7 Å². The maximum absolute atomic E-state index is 12.3. The molecule has 5 heteroatoms. The summed E-state index contributed by atoms with van der Waals surface area (Å²) in [5.74, 6) is 1.37. The third kappa shape index (κ3) is 3.24. The number of aromatic nitrogens is 1. The van der Waals surface area contributed by atoms with Crippen LogP contribution in [0.4, 0.5) is 5.82 Å². The van der Waals surface area contributed by atoms with E-state index in [1.807, 2.05) is 27.0 Å². The monoisotopic (exact) mass is 317 g/mol. The number of carbonyl (C=O) groups excluding carboxylic acids is 1. The molecule has 0 aromatic carbocycles. The average Bonchev–Trinajstić information content (AvgIpc) is 2.94. The molecule has 2 aromatic rings. The maximum atomic E-state index is 12.3. The lowest BCUT2D eigenvalue weighted by atomic mass is 9.94. The third-order valence-corrected chi connectivity index (χ3v) is 4.90. The fourth-order valence-corrected chi connectivity index (χ4v) is 3.73. The van der Waals surface area contributed by atoms with Crippen molar-refractivity contribution in [3.05, 3.63) is 23.7 Å². The number of piperidine rings is 1. The quantitative estimate of drug-likeness (QED) is 0.923. The molecule has 0 saturated carbocycles. The highest BCUT2D eigenvalue weighted by Gasteiger charge is 2.28. The van der Waals surface area contributed by atoms with Crippen LogP contribution in [0, 0.1) is 5.92 Å². The van der Waals surface area contributed by atoms with Crippen molar-refractivity contribution < 1.29 is 4.79 Å². The van der Waals surface area contributed by atoms with Crippen molar-refractivity contribution in [2.45, 2.75) is 39.2 Å². The second-order valence-corrected chi connectivity index (χ2v) is 7.92. The number of nitrogens with zero attached hydrogens (tertiary/aromatic N) is 2. The van der Waals surface area contributed by atoms with Gasteiger partial charge in [-0.2, -0.15) is 0 Å². The van der Waals surface area contributed by atoms with Crippen molar-refractivity contribution in [3.63, 3.8) is 0 Å². The minimum absolute atomic E-state index is 0.122. The van der Waals surface area contributed by atoms with Gasteiger partial charge >= 0.3 is 0 Å². The molecule has 1 N–H and O–H groups in total. The number of thiophene rings is 1. The van der Waals surface area contributed by atoms with E-state index in [1.165, 1.54) is 10.1 Å². The van der Waals surface area contributed by atoms with Crippen LogP contribution in [-0.4, -0.2) is 29.5 Å². The molecule has 1 amide bonds. The molecular formula is C17H23N3OS. The highest BCUT2D eigenvalue weighted by atomic mass is 32.1. The van der Waals surface area contributed by atoms with Gasteiger partial charge in [-0.1, -0.05) is 0 Å². The summed E-state index contributed by atoms with van der Waals surface area (Å²) in [7, 11) is 0. The number of rotatable bonds is 2. The maximum Gasteiger partial charge on any atom is 0.223 e. The molecule has 0 bridgehead atoms. The van der Waals surface area contributed by atoms with Gasteiger partial charge < -0.3 is 10.2 Å². The summed E-state index contributed by atoms with van der Waals surface area (Å²) in [6.07, 6.45) is 3.67. The molecule has 4 nitrogen and oxygen atoms in total. The summed E-state index contributed by atoms with van der Waals surface area (Å²) in [6.45, 7) is 7.87. The Morgan fingerprint density at radius 2 is 2.05 bits per heavy atom. The first kappa shape index (κ1) is 15.3. The van der Waals surface area contributed by atoms with E-state index in [0.29, 0.717) is 0 Å². The van der Waals surface area contributed by atoms with Gasteiger partial charge in [0.25, 0.3) is 0 Å². The Morgan fingerprint density at radius 3 is 2.73 bits per heavy atom. The Hall–Kier alpha value is -1.62. The van der Waals surface area contributed by atoms with Crippen LogP contribution in [0.5, 0.6) is 0 Å². The molecule has 0 spiro atoms. The van der Waals surface area contributed by atoms with E-state index < -0.39 is 0 Å². The molecule has 118 valence electrons. The van der Waals surface area contributed by atoms with Gasteiger partial charge in [-0.25, -0.2) is 4.98 Å². The average molecular weight is 317 g/mol. The zero-order valence-corrected chi connectivity index (χ0v) is 14.2. The highest BCUT2D eigenvalue weighted by molar-refractivity contribution is 7.17. The van der Waals surface area contributed by atoms with Crippen molar-refractivity contribution in [1.82, 2.24) is 10.3 Å². The predicted molar refractivity (Wildman–Crippen MR) is 92.5 cm³/mol. The van der Waals surface area contributed by atoms with Crippen molar-refractivity contribution in [2.75, 3.05) is 18.0 Å². The number of fused-ring (bicyclic) bond motifs is 1. The third-order valence-electron chi connectivity index (χ3n) is 4.02. The molecule has 1 aliphatic heterocycles. The van der Waals surface area contributed by atoms with E-state index in [4.69, 9.17) is 0 Å². The van der Waals surface area contributed by atoms with Crippen LogP contribution in [0.1, 0.15) is 33.6 Å². The van der Waals surface area contributed by atoms with Crippen LogP contribution in [-0.2, 0) is 4.79 Å². The zero-order valence-electron chi connectivity index (χ0n) is 13.4. The Balaban J connectivity index is 1.67. The molecular weight excluding hydrogens is 294 g/mol. The minimum atomic E-state index is -0.155. The topological polar surface area (TPSA) is 45.2 Å². The molecule has 0 aliphatic carbocycles. The standard InChI is InChI=1S/C17H23N3OS/c1-17(2,3)19-16(21)12-5-9-20(10-6-12)15-13-7-11-22-14(13)4-8-18-15/h4,7-8,11-12H,5-6,9-10H2,1-3H3,(H,19,21). The molecule has 0 unspecified atom stereocenters. The van der Waals surface area contributed by atoms with Crippen LogP contribution in [0.15, 0.2) is 23.7 Å². The van der Waals surface area contributed by atoms with Gasteiger partial charge in [0.2, 0.25) is 5.91 Å². The first-order valence-electron chi connectivity index (χ1n) is 7.83. The van der Waals surface area contributed by atoms with E-state index in [0.717, 1.165) is 31.7 Å². The van der Waals surface area contributed by atoms with Crippen molar-refractivity contribution in [1.29, 1.82) is 0 Å². The molecule has 3 rings (SSSR count).